The fourth-order valence-corrected chi connectivity index (χ4v) is 2.93. The van der Waals surface area contributed by atoms with Gasteiger partial charge in [0.1, 0.15) is 29.5 Å². The first-order chi connectivity index (χ1) is 18.5. The zero-order chi connectivity index (χ0) is 30.7. The topological polar surface area (TPSA) is 150 Å². The number of hydrogen-bond acceptors (Lipinski definition) is 11. The molecule has 0 radical (unpaired) electrons. The average molecular weight is 568 g/mol. The highest BCUT2D eigenvalue weighted by molar-refractivity contribution is 5.76. The van der Waals surface area contributed by atoms with E-state index in [0.29, 0.717) is 24.8 Å². The second-order valence-corrected chi connectivity index (χ2v) is 10.8. The molecule has 0 spiro atoms. The van der Waals surface area contributed by atoms with Crippen molar-refractivity contribution in [2.24, 2.45) is 5.73 Å². The van der Waals surface area contributed by atoms with E-state index in [1.807, 2.05) is 20.8 Å². The summed E-state index contributed by atoms with van der Waals surface area (Å²) in [7, 11) is 0. The molecule has 0 aromatic heterocycles. The van der Waals surface area contributed by atoms with Crippen LogP contribution in [0.3, 0.4) is 0 Å². The summed E-state index contributed by atoms with van der Waals surface area (Å²) in [5, 5.41) is 0. The molecule has 11 nitrogen and oxygen atoms in total. The third-order valence-electron chi connectivity index (χ3n) is 6.31. The van der Waals surface area contributed by atoms with Crippen LogP contribution in [0.25, 0.3) is 0 Å². The number of carbonyl (C=O) groups excluding carboxylic acids is 4. The molecule has 40 heavy (non-hydrogen) atoms. The summed E-state index contributed by atoms with van der Waals surface area (Å²) < 4.78 is 32.0. The molecule has 0 bridgehead atoms. The van der Waals surface area contributed by atoms with Crippen molar-refractivity contribution in [1.82, 2.24) is 0 Å². The van der Waals surface area contributed by atoms with Crippen molar-refractivity contribution in [2.75, 3.05) is 0 Å². The maximum Gasteiger partial charge on any atom is 0.514 e. The average Bonchev–Trinajstić information content (AvgIpc) is 2.84. The zero-order valence-electron chi connectivity index (χ0n) is 25.2. The Morgan fingerprint density at radius 3 is 1.80 bits per heavy atom. The SMILES string of the molecule is CCCC(=O)O[C@@H](C)[C@H](C)OC(=O)[C@@H](N)Cc1ccc(OC(=O)OC(C)(C)CC)c(OC(=O)OC(C)(C)CC)c1. The van der Waals surface area contributed by atoms with Gasteiger partial charge in [0.25, 0.3) is 0 Å². The molecule has 0 amide bonds. The molecule has 0 saturated heterocycles. The Hall–Kier alpha value is -3.34. The van der Waals surface area contributed by atoms with Crippen molar-refractivity contribution in [3.63, 3.8) is 0 Å². The van der Waals surface area contributed by atoms with Crippen molar-refractivity contribution in [1.29, 1.82) is 0 Å². The van der Waals surface area contributed by atoms with E-state index in [4.69, 9.17) is 34.2 Å². The van der Waals surface area contributed by atoms with E-state index in [0.717, 1.165) is 0 Å². The van der Waals surface area contributed by atoms with Crippen LogP contribution in [0, 0.1) is 0 Å². The fourth-order valence-electron chi connectivity index (χ4n) is 2.93. The summed E-state index contributed by atoms with van der Waals surface area (Å²) in [5.74, 6) is -1.28. The Labute approximate surface area is 236 Å². The molecule has 1 aromatic rings. The monoisotopic (exact) mass is 567 g/mol. The minimum absolute atomic E-state index is 0.00894. The summed E-state index contributed by atoms with van der Waals surface area (Å²) in [6.45, 7) is 15.7. The van der Waals surface area contributed by atoms with E-state index >= 15 is 0 Å². The van der Waals surface area contributed by atoms with Gasteiger partial charge in [-0.1, -0.05) is 26.8 Å². The number of rotatable bonds is 14. The number of hydrogen-bond donors (Lipinski definition) is 1. The second kappa shape index (κ2) is 15.4. The number of ether oxygens (including phenoxy) is 6. The quantitative estimate of drug-likeness (QED) is 0.169. The molecular weight excluding hydrogens is 522 g/mol. The van der Waals surface area contributed by atoms with Gasteiger partial charge < -0.3 is 34.2 Å². The van der Waals surface area contributed by atoms with E-state index in [-0.39, 0.29) is 30.3 Å². The van der Waals surface area contributed by atoms with Crippen LogP contribution in [0.5, 0.6) is 11.5 Å². The van der Waals surface area contributed by atoms with Crippen molar-refractivity contribution in [3.8, 4) is 11.5 Å². The van der Waals surface area contributed by atoms with Gasteiger partial charge in [0.05, 0.1) is 0 Å². The van der Waals surface area contributed by atoms with Crippen LogP contribution >= 0.6 is 0 Å². The fraction of sp³-hybridized carbons (Fsp3) is 0.655. The van der Waals surface area contributed by atoms with E-state index in [1.165, 1.54) is 12.1 Å². The van der Waals surface area contributed by atoms with Crippen LogP contribution in [-0.4, -0.2) is 53.7 Å². The third-order valence-corrected chi connectivity index (χ3v) is 6.31. The number of esters is 2. The molecule has 1 rings (SSSR count). The van der Waals surface area contributed by atoms with Gasteiger partial charge in [0, 0.05) is 6.42 Å². The Bertz CT molecular complexity index is 1020. The summed E-state index contributed by atoms with van der Waals surface area (Å²) in [6.07, 6.45) is -1.33. The predicted molar refractivity (Wildman–Crippen MR) is 147 cm³/mol. The number of benzene rings is 1. The lowest BCUT2D eigenvalue weighted by Gasteiger charge is -2.24. The summed E-state index contributed by atoms with van der Waals surface area (Å²) in [4.78, 5) is 49.2. The first kappa shape index (κ1) is 34.7. The normalized spacial score (nSPS) is 13.8. The van der Waals surface area contributed by atoms with E-state index in [2.05, 4.69) is 0 Å². The van der Waals surface area contributed by atoms with Crippen molar-refractivity contribution < 1.29 is 47.6 Å². The molecule has 2 N–H and O–H groups in total. The molecule has 0 aliphatic carbocycles. The van der Waals surface area contributed by atoms with E-state index < -0.39 is 47.7 Å². The summed E-state index contributed by atoms with van der Waals surface area (Å²) >= 11 is 0. The first-order valence-electron chi connectivity index (χ1n) is 13.6. The smallest absolute Gasteiger partial charge is 0.459 e. The minimum atomic E-state index is -1.08. The molecule has 1 aromatic carbocycles. The minimum Gasteiger partial charge on any atom is -0.459 e. The molecule has 0 aliphatic heterocycles. The van der Waals surface area contributed by atoms with Gasteiger partial charge in [-0.3, -0.25) is 9.59 Å². The molecule has 0 unspecified atom stereocenters. The molecule has 226 valence electrons. The van der Waals surface area contributed by atoms with E-state index in [1.54, 1.807) is 47.6 Å². The standard InChI is InChI=1S/C29H45NO10/c1-10-13-24(31)35-18(4)19(5)36-25(32)21(30)16-20-14-15-22(37-26(33)39-28(6,7)11-2)23(17-20)38-27(34)40-29(8,9)12-3/h14-15,17-19,21H,10-13,16,30H2,1-9H3/t18-,19-,21-/m0/s1. The van der Waals surface area contributed by atoms with Crippen LogP contribution < -0.4 is 15.2 Å². The summed E-state index contributed by atoms with van der Waals surface area (Å²) in [6, 6.07) is 3.30. The Morgan fingerprint density at radius 1 is 0.800 bits per heavy atom. The molecular formula is C29H45NO10. The van der Waals surface area contributed by atoms with Crippen LogP contribution in [0.1, 0.15) is 93.6 Å². The van der Waals surface area contributed by atoms with Crippen LogP contribution in [-0.2, 0) is 35.0 Å². The first-order valence-corrected chi connectivity index (χ1v) is 13.6. The lowest BCUT2D eigenvalue weighted by molar-refractivity contribution is -0.166. The van der Waals surface area contributed by atoms with Gasteiger partial charge in [-0.05, 0) is 84.9 Å². The van der Waals surface area contributed by atoms with Gasteiger partial charge in [0.2, 0.25) is 0 Å². The Kier molecular flexibility index (Phi) is 13.4. The lowest BCUT2D eigenvalue weighted by Crippen LogP contribution is -2.39. The van der Waals surface area contributed by atoms with Crippen LogP contribution in [0.4, 0.5) is 9.59 Å². The largest absolute Gasteiger partial charge is 0.514 e. The molecule has 0 heterocycles. The molecule has 0 aliphatic rings. The predicted octanol–water partition coefficient (Wildman–Crippen LogP) is 5.63. The Balaban J connectivity index is 3.05. The van der Waals surface area contributed by atoms with Crippen molar-refractivity contribution >= 4 is 24.2 Å². The molecule has 11 heteroatoms. The van der Waals surface area contributed by atoms with Gasteiger partial charge in [-0.15, -0.1) is 0 Å². The number of nitrogens with two attached hydrogens (primary N) is 1. The van der Waals surface area contributed by atoms with Crippen molar-refractivity contribution in [3.05, 3.63) is 23.8 Å². The second-order valence-electron chi connectivity index (χ2n) is 10.8. The van der Waals surface area contributed by atoms with Gasteiger partial charge in [-0.2, -0.15) is 0 Å². The highest BCUT2D eigenvalue weighted by atomic mass is 16.8. The van der Waals surface area contributed by atoms with Crippen LogP contribution in [0.15, 0.2) is 18.2 Å². The third kappa shape index (κ3) is 12.2. The van der Waals surface area contributed by atoms with Crippen molar-refractivity contribution in [2.45, 2.75) is 124 Å². The number of carbonyl (C=O) groups is 4. The lowest BCUT2D eigenvalue weighted by atomic mass is 10.1. The highest BCUT2D eigenvalue weighted by Gasteiger charge is 2.27. The van der Waals surface area contributed by atoms with E-state index in [9.17, 15) is 19.2 Å². The molecule has 3 atom stereocenters. The maximum absolute atomic E-state index is 12.6. The maximum atomic E-state index is 12.6. The Morgan fingerprint density at radius 2 is 1.30 bits per heavy atom. The summed E-state index contributed by atoms with van der Waals surface area (Å²) in [5.41, 5.74) is 5.02. The van der Waals surface area contributed by atoms with Gasteiger partial charge in [0.15, 0.2) is 11.5 Å². The molecule has 0 saturated carbocycles. The zero-order valence-corrected chi connectivity index (χ0v) is 25.2. The van der Waals surface area contributed by atoms with Crippen LogP contribution in [0.2, 0.25) is 0 Å². The van der Waals surface area contributed by atoms with Gasteiger partial charge >= 0.3 is 24.2 Å². The molecule has 0 fully saturated rings. The highest BCUT2D eigenvalue weighted by Crippen LogP contribution is 2.31. The van der Waals surface area contributed by atoms with Gasteiger partial charge in [-0.25, -0.2) is 9.59 Å².